The van der Waals surface area contributed by atoms with E-state index < -0.39 is 12.3 Å². The predicted molar refractivity (Wildman–Crippen MR) is 47.4 cm³/mol. The highest BCUT2D eigenvalue weighted by atomic mass is 35.5. The normalized spacial score (nSPS) is 14.0. The Morgan fingerprint density at radius 2 is 2.13 bits per heavy atom. The molecule has 1 aromatic rings. The molecular weight excluding hydrogens is 233 g/mol. The highest BCUT2D eigenvalue weighted by Crippen LogP contribution is 2.33. The van der Waals surface area contributed by atoms with Gasteiger partial charge in [-0.25, -0.2) is 9.97 Å². The van der Waals surface area contributed by atoms with E-state index in [9.17, 15) is 13.2 Å². The molecule has 0 fully saturated rings. The Kier molecular flexibility index (Phi) is 3.51. The third kappa shape index (κ3) is 2.79. The van der Waals surface area contributed by atoms with Crippen LogP contribution in [0.4, 0.5) is 13.2 Å². The number of rotatable bonds is 2. The summed E-state index contributed by atoms with van der Waals surface area (Å²) in [7, 11) is 0. The molecule has 0 aliphatic rings. The van der Waals surface area contributed by atoms with Crippen LogP contribution in [0.3, 0.4) is 0 Å². The second-order valence-electron chi connectivity index (χ2n) is 2.84. The number of halogens is 4. The van der Waals surface area contributed by atoms with Crippen LogP contribution < -0.4 is 0 Å². The van der Waals surface area contributed by atoms with Gasteiger partial charge in [-0.05, 0) is 18.0 Å². The Labute approximate surface area is 88.9 Å². The number of aromatic nitrogens is 2. The van der Waals surface area contributed by atoms with Gasteiger partial charge in [0.05, 0.1) is 5.69 Å². The molecule has 0 saturated heterocycles. The molecule has 1 N–H and O–H groups in total. The summed E-state index contributed by atoms with van der Waals surface area (Å²) in [5.74, 6) is 0. The van der Waals surface area contributed by atoms with Crippen LogP contribution >= 0.6 is 11.6 Å². The SMILES string of the molecule is CCc1nc(Cl)ncc1C(O)C(F)(F)F. The highest BCUT2D eigenvalue weighted by molar-refractivity contribution is 6.28. The lowest BCUT2D eigenvalue weighted by molar-refractivity contribution is -0.207. The smallest absolute Gasteiger partial charge is 0.379 e. The first-order chi connectivity index (χ1) is 6.86. The Hall–Kier alpha value is -0.880. The maximum Gasteiger partial charge on any atom is 0.418 e. The molecule has 0 aliphatic carbocycles. The van der Waals surface area contributed by atoms with Crippen LogP contribution in [0.15, 0.2) is 6.20 Å². The molecule has 3 nitrogen and oxygen atoms in total. The van der Waals surface area contributed by atoms with Crippen molar-refractivity contribution in [1.82, 2.24) is 9.97 Å². The van der Waals surface area contributed by atoms with Gasteiger partial charge in [0.2, 0.25) is 5.28 Å². The number of nitrogens with zero attached hydrogens (tertiary/aromatic N) is 2. The van der Waals surface area contributed by atoms with Gasteiger partial charge in [-0.2, -0.15) is 13.2 Å². The van der Waals surface area contributed by atoms with Gasteiger partial charge in [-0.3, -0.25) is 0 Å². The second-order valence-corrected chi connectivity index (χ2v) is 3.18. The summed E-state index contributed by atoms with van der Waals surface area (Å²) in [6.07, 6.45) is -6.15. The molecule has 1 aromatic heterocycles. The van der Waals surface area contributed by atoms with E-state index in [4.69, 9.17) is 16.7 Å². The van der Waals surface area contributed by atoms with E-state index in [0.29, 0.717) is 0 Å². The summed E-state index contributed by atoms with van der Waals surface area (Å²) >= 11 is 5.43. The van der Waals surface area contributed by atoms with Crippen LogP contribution in [-0.2, 0) is 6.42 Å². The number of aliphatic hydroxyl groups excluding tert-OH is 1. The molecule has 0 radical (unpaired) electrons. The standard InChI is InChI=1S/C8H8ClF3N2O/c1-2-5-4(3-13-7(9)14-5)6(15)8(10,11)12/h3,6,15H,2H2,1H3. The first-order valence-electron chi connectivity index (χ1n) is 4.12. The number of hydrogen-bond donors (Lipinski definition) is 1. The lowest BCUT2D eigenvalue weighted by Gasteiger charge is -2.16. The summed E-state index contributed by atoms with van der Waals surface area (Å²) in [5.41, 5.74) is -0.255. The van der Waals surface area contributed by atoms with Gasteiger partial charge >= 0.3 is 6.18 Å². The zero-order valence-electron chi connectivity index (χ0n) is 7.72. The summed E-state index contributed by atoms with van der Waals surface area (Å²) < 4.78 is 36.6. The van der Waals surface area contributed by atoms with E-state index in [1.165, 1.54) is 0 Å². The van der Waals surface area contributed by atoms with Gasteiger partial charge in [0.1, 0.15) is 0 Å². The fourth-order valence-electron chi connectivity index (χ4n) is 1.09. The van der Waals surface area contributed by atoms with Gasteiger partial charge in [0, 0.05) is 11.8 Å². The summed E-state index contributed by atoms with van der Waals surface area (Å²) in [5, 5.41) is 8.88. The van der Waals surface area contributed by atoms with Gasteiger partial charge in [0.15, 0.2) is 6.10 Å². The molecule has 1 atom stereocenters. The van der Waals surface area contributed by atoms with Crippen molar-refractivity contribution >= 4 is 11.6 Å². The Morgan fingerprint density at radius 3 is 2.60 bits per heavy atom. The average Bonchev–Trinajstić information content (AvgIpc) is 2.15. The van der Waals surface area contributed by atoms with Crippen molar-refractivity contribution in [2.75, 3.05) is 0 Å². The van der Waals surface area contributed by atoms with Crippen molar-refractivity contribution in [2.24, 2.45) is 0 Å². The van der Waals surface area contributed by atoms with E-state index in [1.54, 1.807) is 6.92 Å². The molecule has 1 rings (SSSR count). The van der Waals surface area contributed by atoms with Gasteiger partial charge in [-0.1, -0.05) is 6.92 Å². The van der Waals surface area contributed by atoms with E-state index in [1.807, 2.05) is 0 Å². The van der Waals surface area contributed by atoms with Crippen molar-refractivity contribution in [3.8, 4) is 0 Å². The molecular formula is C8H8ClF3N2O. The van der Waals surface area contributed by atoms with E-state index >= 15 is 0 Å². The minimum atomic E-state index is -4.72. The largest absolute Gasteiger partial charge is 0.418 e. The summed E-state index contributed by atoms with van der Waals surface area (Å²) in [6, 6.07) is 0. The molecule has 0 spiro atoms. The van der Waals surface area contributed by atoms with Gasteiger partial charge in [-0.15, -0.1) is 0 Å². The second kappa shape index (κ2) is 4.32. The highest BCUT2D eigenvalue weighted by Gasteiger charge is 2.40. The molecule has 0 aliphatic heterocycles. The quantitative estimate of drug-likeness (QED) is 0.807. The molecule has 0 bridgehead atoms. The first-order valence-corrected chi connectivity index (χ1v) is 4.50. The monoisotopic (exact) mass is 240 g/mol. The maximum atomic E-state index is 12.2. The molecule has 0 amide bonds. The number of aliphatic hydroxyl groups is 1. The lowest BCUT2D eigenvalue weighted by atomic mass is 10.1. The van der Waals surface area contributed by atoms with Crippen molar-refractivity contribution in [3.05, 3.63) is 22.7 Å². The van der Waals surface area contributed by atoms with Gasteiger partial charge in [0.25, 0.3) is 0 Å². The Balaban J connectivity index is 3.14. The molecule has 7 heteroatoms. The average molecular weight is 241 g/mol. The zero-order chi connectivity index (χ0) is 11.6. The van der Waals surface area contributed by atoms with Crippen LogP contribution in [0.25, 0.3) is 0 Å². The first kappa shape index (κ1) is 12.2. The summed E-state index contributed by atoms with van der Waals surface area (Å²) in [6.45, 7) is 1.62. The molecule has 84 valence electrons. The fraction of sp³-hybridized carbons (Fsp3) is 0.500. The minimum Gasteiger partial charge on any atom is -0.379 e. The molecule has 0 saturated carbocycles. The number of aryl methyl sites for hydroxylation is 1. The fourth-order valence-corrected chi connectivity index (χ4v) is 1.24. The van der Waals surface area contributed by atoms with Gasteiger partial charge < -0.3 is 5.11 Å². The molecule has 1 heterocycles. The van der Waals surface area contributed by atoms with Crippen molar-refractivity contribution in [3.63, 3.8) is 0 Å². The van der Waals surface area contributed by atoms with Crippen LogP contribution in [-0.4, -0.2) is 21.3 Å². The lowest BCUT2D eigenvalue weighted by Crippen LogP contribution is -2.22. The molecule has 15 heavy (non-hydrogen) atoms. The van der Waals surface area contributed by atoms with Crippen LogP contribution in [0.2, 0.25) is 5.28 Å². The van der Waals surface area contributed by atoms with Crippen molar-refractivity contribution in [1.29, 1.82) is 0 Å². The summed E-state index contributed by atoms with van der Waals surface area (Å²) in [4.78, 5) is 7.04. The van der Waals surface area contributed by atoms with E-state index in [0.717, 1.165) is 6.20 Å². The third-order valence-corrected chi connectivity index (χ3v) is 1.99. The minimum absolute atomic E-state index is 0.0971. The van der Waals surface area contributed by atoms with Crippen molar-refractivity contribution in [2.45, 2.75) is 25.6 Å². The Morgan fingerprint density at radius 1 is 1.53 bits per heavy atom. The maximum absolute atomic E-state index is 12.2. The van der Waals surface area contributed by atoms with E-state index in [2.05, 4.69) is 9.97 Å². The van der Waals surface area contributed by atoms with Crippen LogP contribution in [0, 0.1) is 0 Å². The van der Waals surface area contributed by atoms with Crippen LogP contribution in [0.5, 0.6) is 0 Å². The number of alkyl halides is 3. The van der Waals surface area contributed by atoms with Crippen molar-refractivity contribution < 1.29 is 18.3 Å². The zero-order valence-corrected chi connectivity index (χ0v) is 8.47. The van der Waals surface area contributed by atoms with Crippen LogP contribution in [0.1, 0.15) is 24.3 Å². The third-order valence-electron chi connectivity index (χ3n) is 1.81. The molecule has 1 unspecified atom stereocenters. The topological polar surface area (TPSA) is 46.0 Å². The molecule has 0 aromatic carbocycles. The van der Waals surface area contributed by atoms with E-state index in [-0.39, 0.29) is 23.0 Å². The predicted octanol–water partition coefficient (Wildman–Crippen LogP) is 2.29. The number of hydrogen-bond acceptors (Lipinski definition) is 3. The Bertz CT molecular complexity index is 356.